The highest BCUT2D eigenvalue weighted by atomic mass is 35.5. The van der Waals surface area contributed by atoms with Gasteiger partial charge in [-0.1, -0.05) is 48.9 Å². The van der Waals surface area contributed by atoms with Gasteiger partial charge in [-0.05, 0) is 43.5 Å². The van der Waals surface area contributed by atoms with Crippen molar-refractivity contribution >= 4 is 17.3 Å². The molecular weight excluding hydrogens is 358 g/mol. The topological polar surface area (TPSA) is 39.5 Å². The normalized spacial score (nSPS) is 18.7. The number of rotatable bonds is 6. The van der Waals surface area contributed by atoms with Crippen LogP contribution in [0.15, 0.2) is 48.5 Å². The molecule has 1 aliphatic heterocycles. The third kappa shape index (κ3) is 4.81. The molecule has 0 aliphatic carbocycles. The van der Waals surface area contributed by atoms with Gasteiger partial charge in [-0.25, -0.2) is 0 Å². The van der Waals surface area contributed by atoms with Gasteiger partial charge in [-0.2, -0.15) is 10.3 Å². The molecular formula is C22H26ClN3O. The molecule has 27 heavy (non-hydrogen) atoms. The maximum Gasteiger partial charge on any atom is 0.101 e. The monoisotopic (exact) mass is 383 g/mol. The van der Waals surface area contributed by atoms with Crippen molar-refractivity contribution in [3.05, 3.63) is 64.7 Å². The van der Waals surface area contributed by atoms with Crippen LogP contribution >= 0.6 is 11.6 Å². The van der Waals surface area contributed by atoms with E-state index in [9.17, 15) is 5.26 Å². The van der Waals surface area contributed by atoms with Crippen molar-refractivity contribution < 1.29 is 4.84 Å². The molecule has 2 aromatic carbocycles. The van der Waals surface area contributed by atoms with Gasteiger partial charge >= 0.3 is 0 Å². The summed E-state index contributed by atoms with van der Waals surface area (Å²) in [5.74, 6) is 0. The summed E-state index contributed by atoms with van der Waals surface area (Å²) in [5, 5.41) is 11.8. The highest BCUT2D eigenvalue weighted by molar-refractivity contribution is 6.32. The van der Waals surface area contributed by atoms with Gasteiger partial charge < -0.3 is 4.90 Å². The first-order valence-corrected chi connectivity index (χ1v) is 9.90. The number of hydroxylamine groups is 2. The van der Waals surface area contributed by atoms with Gasteiger partial charge in [0, 0.05) is 30.9 Å². The summed E-state index contributed by atoms with van der Waals surface area (Å²) < 4.78 is 0. The Morgan fingerprint density at radius 3 is 2.74 bits per heavy atom. The molecule has 0 radical (unpaired) electrons. The molecule has 1 saturated heterocycles. The summed E-state index contributed by atoms with van der Waals surface area (Å²) >= 11 is 6.33. The Balaban J connectivity index is 1.90. The van der Waals surface area contributed by atoms with Crippen molar-refractivity contribution in [3.8, 4) is 6.07 Å². The summed E-state index contributed by atoms with van der Waals surface area (Å²) in [7, 11) is 0. The number of hydrogen-bond donors (Lipinski definition) is 0. The molecule has 1 fully saturated rings. The summed E-state index contributed by atoms with van der Waals surface area (Å²) in [5.41, 5.74) is 2.80. The van der Waals surface area contributed by atoms with E-state index in [-0.39, 0.29) is 0 Å². The van der Waals surface area contributed by atoms with E-state index in [4.69, 9.17) is 16.4 Å². The van der Waals surface area contributed by atoms with Gasteiger partial charge in [0.2, 0.25) is 0 Å². The number of anilines is 1. The Morgan fingerprint density at radius 1 is 1.30 bits per heavy atom. The average Bonchev–Trinajstić information content (AvgIpc) is 2.72. The number of halogens is 1. The molecule has 1 heterocycles. The molecule has 2 aromatic rings. The van der Waals surface area contributed by atoms with Crippen LogP contribution in [-0.2, 0) is 11.4 Å². The fraction of sp³-hybridized carbons (Fsp3) is 0.409. The van der Waals surface area contributed by atoms with Gasteiger partial charge in [0.05, 0.1) is 17.2 Å². The van der Waals surface area contributed by atoms with Crippen molar-refractivity contribution in [2.45, 2.75) is 45.3 Å². The molecule has 0 N–H and O–H groups in total. The third-order valence-corrected chi connectivity index (χ3v) is 5.54. The average molecular weight is 384 g/mol. The third-order valence-electron chi connectivity index (χ3n) is 5.22. The predicted molar refractivity (Wildman–Crippen MR) is 110 cm³/mol. The standard InChI is InChI=1S/C22H26ClN3O/c1-3-17(2)26-16-21(11-12-27-26)25(15-18-7-5-4-6-8-18)20-10-9-19(14-24)22(23)13-20/h4-10,13,17,21H,3,11-12,15-16H2,1-2H3/t17?,21-/m0/s1. The molecule has 0 bridgehead atoms. The van der Waals surface area contributed by atoms with E-state index in [1.165, 1.54) is 5.56 Å². The summed E-state index contributed by atoms with van der Waals surface area (Å²) in [4.78, 5) is 8.28. The minimum atomic E-state index is 0.317. The van der Waals surface area contributed by atoms with E-state index in [0.717, 1.165) is 31.6 Å². The molecule has 1 aliphatic rings. The fourth-order valence-electron chi connectivity index (χ4n) is 3.41. The van der Waals surface area contributed by atoms with Gasteiger partial charge in [0.25, 0.3) is 0 Å². The van der Waals surface area contributed by atoms with E-state index < -0.39 is 0 Å². The van der Waals surface area contributed by atoms with Crippen LogP contribution in [0.3, 0.4) is 0 Å². The van der Waals surface area contributed by atoms with E-state index in [1.54, 1.807) is 6.07 Å². The number of nitrogens with zero attached hydrogens (tertiary/aromatic N) is 3. The van der Waals surface area contributed by atoms with Crippen LogP contribution in [0.5, 0.6) is 0 Å². The van der Waals surface area contributed by atoms with Gasteiger partial charge in [-0.15, -0.1) is 0 Å². The highest BCUT2D eigenvalue weighted by Crippen LogP contribution is 2.29. The van der Waals surface area contributed by atoms with Crippen molar-refractivity contribution in [1.29, 1.82) is 5.26 Å². The quantitative estimate of drug-likeness (QED) is 0.701. The van der Waals surface area contributed by atoms with Gasteiger partial charge in [0.15, 0.2) is 0 Å². The first-order valence-electron chi connectivity index (χ1n) is 9.52. The minimum Gasteiger partial charge on any atom is -0.363 e. The van der Waals surface area contributed by atoms with Crippen molar-refractivity contribution in [2.75, 3.05) is 18.1 Å². The smallest absolute Gasteiger partial charge is 0.101 e. The molecule has 0 aromatic heterocycles. The molecule has 0 spiro atoms. The second kappa shape index (κ2) is 9.23. The molecule has 3 rings (SSSR count). The fourth-order valence-corrected chi connectivity index (χ4v) is 3.62. The Labute approximate surface area is 166 Å². The molecule has 1 unspecified atom stereocenters. The highest BCUT2D eigenvalue weighted by Gasteiger charge is 2.29. The first kappa shape index (κ1) is 19.7. The molecule has 4 nitrogen and oxygen atoms in total. The lowest BCUT2D eigenvalue weighted by atomic mass is 10.1. The molecule has 0 amide bonds. The van der Waals surface area contributed by atoms with Gasteiger partial charge in [-0.3, -0.25) is 4.84 Å². The maximum atomic E-state index is 9.18. The zero-order chi connectivity index (χ0) is 19.2. The lowest BCUT2D eigenvalue weighted by Gasteiger charge is -2.42. The Kier molecular flexibility index (Phi) is 6.73. The van der Waals surface area contributed by atoms with Crippen LogP contribution in [0.2, 0.25) is 5.02 Å². The zero-order valence-corrected chi connectivity index (χ0v) is 16.7. The van der Waals surface area contributed by atoms with Crippen molar-refractivity contribution in [1.82, 2.24) is 5.06 Å². The SMILES string of the molecule is CCC(C)N1C[C@@H](N(Cc2ccccc2)c2ccc(C#N)c(Cl)c2)CCO1. The Bertz CT molecular complexity index is 790. The zero-order valence-electron chi connectivity index (χ0n) is 15.9. The van der Waals surface area contributed by atoms with Crippen LogP contribution in [-0.4, -0.2) is 30.3 Å². The Hall–Kier alpha value is -2.06. The molecule has 5 heteroatoms. The van der Waals surface area contributed by atoms with E-state index in [2.05, 4.69) is 54.1 Å². The van der Waals surface area contributed by atoms with Crippen LogP contribution in [0, 0.1) is 11.3 Å². The van der Waals surface area contributed by atoms with Crippen LogP contribution in [0.25, 0.3) is 0 Å². The summed E-state index contributed by atoms with van der Waals surface area (Å²) in [6, 6.07) is 19.0. The first-order chi connectivity index (χ1) is 13.1. The van der Waals surface area contributed by atoms with Crippen LogP contribution in [0.4, 0.5) is 5.69 Å². The van der Waals surface area contributed by atoms with Gasteiger partial charge in [0.1, 0.15) is 6.07 Å². The van der Waals surface area contributed by atoms with Crippen LogP contribution in [0.1, 0.15) is 37.8 Å². The Morgan fingerprint density at radius 2 is 2.07 bits per heavy atom. The lowest BCUT2D eigenvalue weighted by Crippen LogP contribution is -2.50. The molecule has 2 atom stereocenters. The minimum absolute atomic E-state index is 0.317. The predicted octanol–water partition coefficient (Wildman–Crippen LogP) is 5.02. The van der Waals surface area contributed by atoms with Crippen molar-refractivity contribution in [3.63, 3.8) is 0 Å². The van der Waals surface area contributed by atoms with Crippen LogP contribution < -0.4 is 4.90 Å². The van der Waals surface area contributed by atoms with Crippen molar-refractivity contribution in [2.24, 2.45) is 0 Å². The number of benzene rings is 2. The lowest BCUT2D eigenvalue weighted by molar-refractivity contribution is -0.207. The second-order valence-corrected chi connectivity index (χ2v) is 7.43. The van der Waals surface area contributed by atoms with E-state index in [0.29, 0.717) is 29.3 Å². The largest absolute Gasteiger partial charge is 0.363 e. The summed E-state index contributed by atoms with van der Waals surface area (Å²) in [6.07, 6.45) is 2.01. The number of hydrogen-bond acceptors (Lipinski definition) is 4. The maximum absolute atomic E-state index is 9.18. The molecule has 0 saturated carbocycles. The molecule has 142 valence electrons. The second-order valence-electron chi connectivity index (χ2n) is 7.02. The number of nitriles is 1. The summed E-state index contributed by atoms with van der Waals surface area (Å²) in [6.45, 7) is 6.73. The van der Waals surface area contributed by atoms with E-state index >= 15 is 0 Å². The van der Waals surface area contributed by atoms with E-state index in [1.807, 2.05) is 18.2 Å².